The van der Waals surface area contributed by atoms with Gasteiger partial charge in [0, 0.05) is 63.3 Å². The number of rotatable bonds is 5. The highest BCUT2D eigenvalue weighted by atomic mass is 16.3. The topological polar surface area (TPSA) is 111 Å². The molecule has 0 aromatic carbocycles. The van der Waals surface area contributed by atoms with Crippen LogP contribution in [-0.2, 0) is 7.05 Å². The van der Waals surface area contributed by atoms with Crippen LogP contribution in [-0.4, -0.2) is 78.2 Å². The summed E-state index contributed by atoms with van der Waals surface area (Å²) in [7, 11) is 1.86. The van der Waals surface area contributed by atoms with Crippen molar-refractivity contribution in [3.8, 4) is 28.6 Å². The molecule has 168 valence electrons. The zero-order chi connectivity index (χ0) is 22.9. The van der Waals surface area contributed by atoms with Crippen molar-refractivity contribution in [3.05, 3.63) is 48.7 Å². The zero-order valence-electron chi connectivity index (χ0n) is 18.6. The minimum atomic E-state index is -0.317. The molecule has 0 aliphatic carbocycles. The predicted molar refractivity (Wildman–Crippen MR) is 123 cm³/mol. The van der Waals surface area contributed by atoms with Crippen LogP contribution in [0, 0.1) is 11.3 Å². The summed E-state index contributed by atoms with van der Waals surface area (Å²) in [5.74, 6) is 0.906. The highest BCUT2D eigenvalue weighted by Gasteiger charge is 2.20. The number of hydrogen-bond acceptors (Lipinski definition) is 8. The Morgan fingerprint density at radius 2 is 1.88 bits per heavy atom. The molecule has 0 saturated carbocycles. The number of piperazine rings is 1. The van der Waals surface area contributed by atoms with Crippen LogP contribution in [0.2, 0.25) is 0 Å². The molecule has 1 fully saturated rings. The first-order chi connectivity index (χ1) is 16.0. The lowest BCUT2D eigenvalue weighted by Gasteiger charge is -2.35. The van der Waals surface area contributed by atoms with E-state index in [9.17, 15) is 10.4 Å². The summed E-state index contributed by atoms with van der Waals surface area (Å²) in [4.78, 5) is 14.1. The van der Waals surface area contributed by atoms with E-state index in [4.69, 9.17) is 9.97 Å². The van der Waals surface area contributed by atoms with Crippen molar-refractivity contribution in [1.82, 2.24) is 34.3 Å². The Morgan fingerprint density at radius 1 is 1.06 bits per heavy atom. The van der Waals surface area contributed by atoms with Gasteiger partial charge in [-0.2, -0.15) is 15.5 Å². The third-order valence-corrected chi connectivity index (χ3v) is 5.86. The summed E-state index contributed by atoms with van der Waals surface area (Å²) in [6.45, 7) is 6.02. The molecule has 4 aromatic heterocycles. The molecule has 1 N–H and O–H groups in total. The molecule has 0 radical (unpaired) electrons. The SMILES string of the molecule is C[C@H](O)CN1CCN(c2ccc(-c3nc(-c4cnn(C)c4)cn4ncc(C#N)c34)cn2)CC1. The number of aliphatic hydroxyl groups excluding tert-OH is 1. The molecule has 10 heteroatoms. The largest absolute Gasteiger partial charge is 0.392 e. The Balaban J connectivity index is 1.46. The van der Waals surface area contributed by atoms with Crippen molar-refractivity contribution >= 4 is 11.3 Å². The fourth-order valence-electron chi connectivity index (χ4n) is 4.24. The summed E-state index contributed by atoms with van der Waals surface area (Å²) in [5.41, 5.74) is 4.19. The Bertz CT molecular complexity index is 1310. The number of aryl methyl sites for hydroxylation is 1. The van der Waals surface area contributed by atoms with Crippen molar-refractivity contribution in [2.75, 3.05) is 37.6 Å². The molecule has 1 aliphatic heterocycles. The number of aliphatic hydroxyl groups is 1. The van der Waals surface area contributed by atoms with Crippen molar-refractivity contribution < 1.29 is 5.11 Å². The first-order valence-corrected chi connectivity index (χ1v) is 10.9. The van der Waals surface area contributed by atoms with Crippen LogP contribution >= 0.6 is 0 Å². The van der Waals surface area contributed by atoms with Gasteiger partial charge in [-0.15, -0.1) is 0 Å². The molecule has 1 atom stereocenters. The number of nitriles is 1. The van der Waals surface area contributed by atoms with Crippen LogP contribution in [0.5, 0.6) is 0 Å². The minimum Gasteiger partial charge on any atom is -0.392 e. The van der Waals surface area contributed by atoms with Crippen LogP contribution in [0.15, 0.2) is 43.1 Å². The minimum absolute atomic E-state index is 0.317. The Morgan fingerprint density at radius 3 is 2.52 bits per heavy atom. The maximum Gasteiger partial charge on any atom is 0.128 e. The number of nitrogens with zero attached hydrogens (tertiary/aromatic N) is 9. The van der Waals surface area contributed by atoms with Gasteiger partial charge in [0.1, 0.15) is 23.0 Å². The van der Waals surface area contributed by atoms with E-state index in [-0.39, 0.29) is 6.10 Å². The van der Waals surface area contributed by atoms with Gasteiger partial charge in [0.25, 0.3) is 0 Å². The Kier molecular flexibility index (Phi) is 5.50. The number of fused-ring (bicyclic) bond motifs is 1. The monoisotopic (exact) mass is 443 g/mol. The van der Waals surface area contributed by atoms with E-state index < -0.39 is 0 Å². The lowest BCUT2D eigenvalue weighted by atomic mass is 10.1. The maximum absolute atomic E-state index is 9.61. The van der Waals surface area contributed by atoms with E-state index in [1.165, 1.54) is 0 Å². The zero-order valence-corrected chi connectivity index (χ0v) is 18.6. The number of hydrogen-bond donors (Lipinski definition) is 1. The van der Waals surface area contributed by atoms with Crippen molar-refractivity contribution in [3.63, 3.8) is 0 Å². The van der Waals surface area contributed by atoms with Gasteiger partial charge in [-0.3, -0.25) is 9.58 Å². The fraction of sp³-hybridized carbons (Fsp3) is 0.348. The Labute approximate surface area is 191 Å². The van der Waals surface area contributed by atoms with Gasteiger partial charge in [-0.1, -0.05) is 0 Å². The van der Waals surface area contributed by atoms with Crippen LogP contribution in [0.1, 0.15) is 12.5 Å². The highest BCUT2D eigenvalue weighted by Crippen LogP contribution is 2.29. The lowest BCUT2D eigenvalue weighted by molar-refractivity contribution is 0.122. The third-order valence-electron chi connectivity index (χ3n) is 5.86. The Hall–Kier alpha value is -3.81. The molecule has 0 bridgehead atoms. The molecule has 1 saturated heterocycles. The van der Waals surface area contributed by atoms with Gasteiger partial charge in [0.05, 0.1) is 36.1 Å². The van der Waals surface area contributed by atoms with Gasteiger partial charge in [0.2, 0.25) is 0 Å². The quantitative estimate of drug-likeness (QED) is 0.495. The summed E-state index contributed by atoms with van der Waals surface area (Å²) >= 11 is 0. The summed E-state index contributed by atoms with van der Waals surface area (Å²) < 4.78 is 3.42. The highest BCUT2D eigenvalue weighted by molar-refractivity contribution is 5.83. The summed E-state index contributed by atoms with van der Waals surface area (Å²) in [6, 6.07) is 6.20. The van der Waals surface area contributed by atoms with Gasteiger partial charge in [-0.05, 0) is 19.1 Å². The summed E-state index contributed by atoms with van der Waals surface area (Å²) in [5, 5.41) is 27.8. The molecule has 5 rings (SSSR count). The molecule has 33 heavy (non-hydrogen) atoms. The van der Waals surface area contributed by atoms with Crippen molar-refractivity contribution in [2.45, 2.75) is 13.0 Å². The van der Waals surface area contributed by atoms with Crippen LogP contribution in [0.3, 0.4) is 0 Å². The molecule has 0 amide bonds. The second kappa shape index (κ2) is 8.61. The van der Waals surface area contributed by atoms with Gasteiger partial charge < -0.3 is 10.0 Å². The standard InChI is InChI=1S/C23H25N9O/c1-16(33)13-30-5-7-31(8-6-30)21-4-3-17(10-25-21)22-23-18(9-24)11-27-32(23)15-20(28-22)19-12-26-29(2)14-19/h3-4,10-12,14-16,33H,5-8,13H2,1-2H3/t16-/m0/s1. The smallest absolute Gasteiger partial charge is 0.128 e. The van der Waals surface area contributed by atoms with E-state index in [1.807, 2.05) is 38.5 Å². The average Bonchev–Trinajstić information content (AvgIpc) is 3.44. The maximum atomic E-state index is 9.61. The normalized spacial score (nSPS) is 15.6. The molecule has 0 spiro atoms. The van der Waals surface area contributed by atoms with Crippen molar-refractivity contribution in [1.29, 1.82) is 5.26 Å². The van der Waals surface area contributed by atoms with E-state index in [0.717, 1.165) is 48.8 Å². The van der Waals surface area contributed by atoms with E-state index in [0.29, 0.717) is 23.3 Å². The second-order valence-corrected chi connectivity index (χ2v) is 8.38. The van der Waals surface area contributed by atoms with E-state index >= 15 is 0 Å². The van der Waals surface area contributed by atoms with Crippen LogP contribution in [0.4, 0.5) is 5.82 Å². The molecule has 1 aliphatic rings. The van der Waals surface area contributed by atoms with Crippen LogP contribution in [0.25, 0.3) is 28.0 Å². The molecule has 0 unspecified atom stereocenters. The first kappa shape index (κ1) is 21.1. The number of β-amino-alcohol motifs (C(OH)–C–C–N with tert-alkyl or cyclic N) is 1. The van der Waals surface area contributed by atoms with E-state index in [1.54, 1.807) is 27.8 Å². The molecular formula is C23H25N9O. The third kappa shape index (κ3) is 4.16. The average molecular weight is 444 g/mol. The first-order valence-electron chi connectivity index (χ1n) is 10.9. The van der Waals surface area contributed by atoms with Gasteiger partial charge >= 0.3 is 0 Å². The fourth-order valence-corrected chi connectivity index (χ4v) is 4.24. The second-order valence-electron chi connectivity index (χ2n) is 8.38. The van der Waals surface area contributed by atoms with E-state index in [2.05, 4.69) is 26.1 Å². The van der Waals surface area contributed by atoms with Crippen LogP contribution < -0.4 is 4.90 Å². The van der Waals surface area contributed by atoms with Gasteiger partial charge in [0.15, 0.2) is 0 Å². The molecule has 10 nitrogen and oxygen atoms in total. The van der Waals surface area contributed by atoms with Gasteiger partial charge in [-0.25, -0.2) is 14.5 Å². The predicted octanol–water partition coefficient (Wildman–Crippen LogP) is 1.57. The molecule has 4 aromatic rings. The van der Waals surface area contributed by atoms with Crippen molar-refractivity contribution in [2.24, 2.45) is 7.05 Å². The molecule has 5 heterocycles. The lowest BCUT2D eigenvalue weighted by Crippen LogP contribution is -2.48. The number of aromatic nitrogens is 6. The number of pyridine rings is 1. The summed E-state index contributed by atoms with van der Waals surface area (Å²) in [6.07, 6.45) is 8.51. The number of anilines is 1. The molecular weight excluding hydrogens is 418 g/mol.